The fourth-order valence-electron chi connectivity index (χ4n) is 2.26. The van der Waals surface area contributed by atoms with Crippen LogP contribution in [0.15, 0.2) is 51.8 Å². The number of anilines is 1. The van der Waals surface area contributed by atoms with Crippen LogP contribution in [0.5, 0.6) is 0 Å². The lowest BCUT2D eigenvalue weighted by Crippen LogP contribution is -2.13. The minimum Gasteiger partial charge on any atom is -0.403 e. The number of nitrogens with zero attached hydrogens (tertiary/aromatic N) is 2. The molecule has 1 N–H and O–H groups in total. The third kappa shape index (κ3) is 3.33. The molecular weight excluding hydrogens is 322 g/mol. The fourth-order valence-corrected chi connectivity index (χ4v) is 2.86. The maximum absolute atomic E-state index is 12.4. The van der Waals surface area contributed by atoms with Gasteiger partial charge in [-0.15, -0.1) is 16.9 Å². The van der Waals surface area contributed by atoms with Gasteiger partial charge in [-0.05, 0) is 55.5 Å². The predicted molar refractivity (Wildman–Crippen MR) is 95.4 cm³/mol. The maximum atomic E-state index is 12.4. The Kier molecular flexibility index (Phi) is 4.66. The Balaban J connectivity index is 1.81. The molecule has 3 rings (SSSR count). The SMILES string of the molecule is CSc1ccccc1C(=O)Nc1nnc(-c2ccc(C)c(C)c2)o1. The number of carbonyl (C=O) groups excluding carboxylic acids is 1. The van der Waals surface area contributed by atoms with E-state index in [4.69, 9.17) is 4.42 Å². The van der Waals surface area contributed by atoms with E-state index in [0.717, 1.165) is 16.0 Å². The van der Waals surface area contributed by atoms with Gasteiger partial charge in [-0.1, -0.05) is 23.3 Å². The highest BCUT2D eigenvalue weighted by atomic mass is 32.2. The van der Waals surface area contributed by atoms with Gasteiger partial charge in [0.1, 0.15) is 0 Å². The van der Waals surface area contributed by atoms with Crippen LogP contribution in [0, 0.1) is 13.8 Å². The van der Waals surface area contributed by atoms with Crippen LogP contribution in [0.1, 0.15) is 21.5 Å². The number of aryl methyl sites for hydroxylation is 2. The van der Waals surface area contributed by atoms with Gasteiger partial charge in [-0.2, -0.15) is 0 Å². The molecular formula is C18H17N3O2S. The molecule has 0 unspecified atom stereocenters. The number of amides is 1. The summed E-state index contributed by atoms with van der Waals surface area (Å²) in [6.07, 6.45) is 1.93. The number of thioether (sulfide) groups is 1. The van der Waals surface area contributed by atoms with Gasteiger partial charge >= 0.3 is 6.01 Å². The first-order chi connectivity index (χ1) is 11.6. The van der Waals surface area contributed by atoms with Crippen molar-refractivity contribution >= 4 is 23.7 Å². The Morgan fingerprint density at radius 3 is 2.62 bits per heavy atom. The second-order valence-corrected chi connectivity index (χ2v) is 6.21. The lowest BCUT2D eigenvalue weighted by atomic mass is 10.1. The molecule has 0 atom stereocenters. The van der Waals surface area contributed by atoms with Gasteiger partial charge in [-0.3, -0.25) is 10.1 Å². The molecule has 0 radical (unpaired) electrons. The Labute approximate surface area is 144 Å². The summed E-state index contributed by atoms with van der Waals surface area (Å²) >= 11 is 1.51. The van der Waals surface area contributed by atoms with Gasteiger partial charge in [0.05, 0.1) is 5.56 Å². The highest BCUT2D eigenvalue weighted by molar-refractivity contribution is 7.98. The summed E-state index contributed by atoms with van der Waals surface area (Å²) in [6, 6.07) is 13.4. The topological polar surface area (TPSA) is 68.0 Å². The molecule has 1 heterocycles. The van der Waals surface area contributed by atoms with Crippen LogP contribution in [0.2, 0.25) is 0 Å². The Hall–Kier alpha value is -2.60. The summed E-state index contributed by atoms with van der Waals surface area (Å²) in [6.45, 7) is 4.07. The minimum absolute atomic E-state index is 0.0872. The third-order valence-electron chi connectivity index (χ3n) is 3.75. The van der Waals surface area contributed by atoms with E-state index in [9.17, 15) is 4.79 Å². The van der Waals surface area contributed by atoms with Gasteiger partial charge in [0.25, 0.3) is 5.91 Å². The average Bonchev–Trinajstić information content (AvgIpc) is 3.05. The first-order valence-corrected chi connectivity index (χ1v) is 8.66. The second-order valence-electron chi connectivity index (χ2n) is 5.37. The number of nitrogens with one attached hydrogen (secondary N) is 1. The largest absolute Gasteiger partial charge is 0.403 e. The zero-order chi connectivity index (χ0) is 17.1. The number of hydrogen-bond donors (Lipinski definition) is 1. The summed E-state index contributed by atoms with van der Waals surface area (Å²) in [7, 11) is 0. The zero-order valence-corrected chi connectivity index (χ0v) is 14.5. The second kappa shape index (κ2) is 6.88. The molecule has 122 valence electrons. The number of rotatable bonds is 4. The molecule has 1 aromatic heterocycles. The Bertz CT molecular complexity index is 889. The summed E-state index contributed by atoms with van der Waals surface area (Å²) in [5, 5.41) is 10.6. The third-order valence-corrected chi connectivity index (χ3v) is 4.55. The lowest BCUT2D eigenvalue weighted by molar-refractivity contribution is 0.102. The fraction of sp³-hybridized carbons (Fsp3) is 0.167. The number of aromatic nitrogens is 2. The van der Waals surface area contributed by atoms with Crippen molar-refractivity contribution in [2.24, 2.45) is 0 Å². The summed E-state index contributed by atoms with van der Waals surface area (Å²) in [4.78, 5) is 13.3. The van der Waals surface area contributed by atoms with Crippen LogP contribution >= 0.6 is 11.8 Å². The van der Waals surface area contributed by atoms with Crippen molar-refractivity contribution in [3.05, 3.63) is 59.2 Å². The molecule has 3 aromatic rings. The van der Waals surface area contributed by atoms with Crippen molar-refractivity contribution in [1.29, 1.82) is 0 Å². The van der Waals surface area contributed by atoms with Crippen molar-refractivity contribution in [1.82, 2.24) is 10.2 Å². The summed E-state index contributed by atoms with van der Waals surface area (Å²) in [5.74, 6) is 0.113. The molecule has 0 spiro atoms. The van der Waals surface area contributed by atoms with Gasteiger partial charge in [0.2, 0.25) is 5.89 Å². The average molecular weight is 339 g/mol. The normalized spacial score (nSPS) is 10.6. The number of benzene rings is 2. The molecule has 0 fully saturated rings. The number of carbonyl (C=O) groups is 1. The monoisotopic (exact) mass is 339 g/mol. The highest BCUT2D eigenvalue weighted by Gasteiger charge is 2.15. The van der Waals surface area contributed by atoms with Gasteiger partial charge in [-0.25, -0.2) is 0 Å². The molecule has 2 aromatic carbocycles. The van der Waals surface area contributed by atoms with Crippen LogP contribution in [0.25, 0.3) is 11.5 Å². The maximum Gasteiger partial charge on any atom is 0.322 e. The van der Waals surface area contributed by atoms with Crippen LogP contribution in [-0.4, -0.2) is 22.4 Å². The predicted octanol–water partition coefficient (Wildman–Crippen LogP) is 4.33. The van der Waals surface area contributed by atoms with E-state index in [0.29, 0.717) is 11.5 Å². The molecule has 1 amide bonds. The van der Waals surface area contributed by atoms with Crippen LogP contribution in [0.3, 0.4) is 0 Å². The first kappa shape index (κ1) is 16.3. The summed E-state index contributed by atoms with van der Waals surface area (Å²) < 4.78 is 5.57. The molecule has 0 aliphatic rings. The molecule has 5 nitrogen and oxygen atoms in total. The molecule has 0 aliphatic heterocycles. The van der Waals surface area contributed by atoms with E-state index < -0.39 is 0 Å². The Morgan fingerprint density at radius 1 is 1.08 bits per heavy atom. The van der Waals surface area contributed by atoms with E-state index in [1.54, 1.807) is 6.07 Å². The first-order valence-electron chi connectivity index (χ1n) is 7.44. The van der Waals surface area contributed by atoms with E-state index >= 15 is 0 Å². The van der Waals surface area contributed by atoms with Crippen molar-refractivity contribution < 1.29 is 9.21 Å². The lowest BCUT2D eigenvalue weighted by Gasteiger charge is -2.05. The molecule has 0 aliphatic carbocycles. The van der Waals surface area contributed by atoms with Crippen molar-refractivity contribution in [3.63, 3.8) is 0 Å². The molecule has 0 bridgehead atoms. The van der Waals surface area contributed by atoms with E-state index in [-0.39, 0.29) is 11.9 Å². The molecule has 0 saturated carbocycles. The summed E-state index contributed by atoms with van der Waals surface area (Å²) in [5.41, 5.74) is 3.75. The van der Waals surface area contributed by atoms with Crippen molar-refractivity contribution in [2.45, 2.75) is 18.7 Å². The van der Waals surface area contributed by atoms with Gasteiger partial charge < -0.3 is 4.42 Å². The van der Waals surface area contributed by atoms with Crippen molar-refractivity contribution in [3.8, 4) is 11.5 Å². The van der Waals surface area contributed by atoms with E-state index in [2.05, 4.69) is 15.5 Å². The van der Waals surface area contributed by atoms with E-state index in [1.165, 1.54) is 17.3 Å². The quantitative estimate of drug-likeness (QED) is 0.717. The molecule has 0 saturated heterocycles. The highest BCUT2D eigenvalue weighted by Crippen LogP contribution is 2.24. The molecule has 6 heteroatoms. The van der Waals surface area contributed by atoms with Gasteiger partial charge in [0, 0.05) is 10.5 Å². The van der Waals surface area contributed by atoms with Crippen LogP contribution < -0.4 is 5.32 Å². The minimum atomic E-state index is -0.268. The Morgan fingerprint density at radius 2 is 1.88 bits per heavy atom. The van der Waals surface area contributed by atoms with Gasteiger partial charge in [0.15, 0.2) is 0 Å². The zero-order valence-electron chi connectivity index (χ0n) is 13.7. The smallest absolute Gasteiger partial charge is 0.322 e. The standard InChI is InChI=1S/C18H17N3O2S/c1-11-8-9-13(10-12(11)2)17-20-21-18(23-17)19-16(22)14-6-4-5-7-15(14)24-3/h4-10H,1-3H3,(H,19,21,22). The van der Waals surface area contributed by atoms with Crippen molar-refractivity contribution in [2.75, 3.05) is 11.6 Å². The number of hydrogen-bond acceptors (Lipinski definition) is 5. The van der Waals surface area contributed by atoms with E-state index in [1.807, 2.05) is 56.5 Å². The van der Waals surface area contributed by atoms with Crippen LogP contribution in [-0.2, 0) is 0 Å². The van der Waals surface area contributed by atoms with Crippen LogP contribution in [0.4, 0.5) is 6.01 Å². The molecule has 24 heavy (non-hydrogen) atoms.